The summed E-state index contributed by atoms with van der Waals surface area (Å²) in [6, 6.07) is 1.79. The molecule has 18 heavy (non-hydrogen) atoms. The number of aromatic nitrogens is 3. The van der Waals surface area contributed by atoms with Gasteiger partial charge in [-0.3, -0.25) is 4.79 Å². The van der Waals surface area contributed by atoms with Gasteiger partial charge in [-0.25, -0.2) is 9.50 Å². The summed E-state index contributed by atoms with van der Waals surface area (Å²) in [4.78, 5) is 15.9. The fourth-order valence-electron chi connectivity index (χ4n) is 2.23. The van der Waals surface area contributed by atoms with E-state index in [1.165, 1.54) is 0 Å². The smallest absolute Gasteiger partial charge is 0.309 e. The second kappa shape index (κ2) is 4.24. The quantitative estimate of drug-likeness (QED) is 0.797. The Hall–Kier alpha value is -1.62. The van der Waals surface area contributed by atoms with Crippen LogP contribution in [0, 0.1) is 5.92 Å². The van der Waals surface area contributed by atoms with E-state index in [0.29, 0.717) is 11.8 Å². The third-order valence-corrected chi connectivity index (χ3v) is 3.32. The maximum atomic E-state index is 11.7. The Morgan fingerprint density at radius 2 is 2.50 bits per heavy atom. The van der Waals surface area contributed by atoms with Crippen molar-refractivity contribution >= 4 is 23.2 Å². The number of halogens is 1. The number of fused-ring (bicyclic) bond motifs is 1. The number of nitrogens with zero attached hydrogens (tertiary/aromatic N) is 3. The number of imidazole rings is 1. The molecule has 6 heteroatoms. The Morgan fingerprint density at radius 1 is 1.67 bits per heavy atom. The monoisotopic (exact) mass is 265 g/mol. The first-order valence-electron chi connectivity index (χ1n) is 5.87. The molecule has 0 saturated heterocycles. The van der Waals surface area contributed by atoms with Crippen LogP contribution in [0.4, 0.5) is 0 Å². The number of esters is 1. The summed E-state index contributed by atoms with van der Waals surface area (Å²) in [7, 11) is 0. The van der Waals surface area contributed by atoms with E-state index in [0.717, 1.165) is 17.6 Å². The van der Waals surface area contributed by atoms with E-state index in [-0.39, 0.29) is 17.8 Å². The first kappa shape index (κ1) is 11.5. The molecule has 0 spiro atoms. The lowest BCUT2D eigenvalue weighted by Crippen LogP contribution is -2.07. The van der Waals surface area contributed by atoms with Crippen LogP contribution in [-0.4, -0.2) is 27.2 Å². The van der Waals surface area contributed by atoms with Gasteiger partial charge >= 0.3 is 5.97 Å². The summed E-state index contributed by atoms with van der Waals surface area (Å²) in [6.07, 6.45) is 4.21. The molecule has 2 aromatic rings. The zero-order valence-electron chi connectivity index (χ0n) is 9.84. The Labute approximate surface area is 109 Å². The topological polar surface area (TPSA) is 56.5 Å². The number of rotatable bonds is 3. The van der Waals surface area contributed by atoms with Gasteiger partial charge in [0.05, 0.1) is 12.5 Å². The lowest BCUT2D eigenvalue weighted by atomic mass is 10.1. The van der Waals surface area contributed by atoms with E-state index in [2.05, 4.69) is 10.1 Å². The lowest BCUT2D eigenvalue weighted by Gasteiger charge is -2.04. The third kappa shape index (κ3) is 1.84. The van der Waals surface area contributed by atoms with Crippen molar-refractivity contribution in [2.24, 2.45) is 5.92 Å². The normalized spacial score (nSPS) is 22.1. The fourth-order valence-corrected chi connectivity index (χ4v) is 2.43. The molecule has 2 atom stereocenters. The number of hydrogen-bond acceptors (Lipinski definition) is 4. The molecule has 0 radical (unpaired) electrons. The van der Waals surface area contributed by atoms with Crippen LogP contribution in [0.3, 0.4) is 0 Å². The van der Waals surface area contributed by atoms with Gasteiger partial charge in [0.2, 0.25) is 0 Å². The average molecular weight is 266 g/mol. The van der Waals surface area contributed by atoms with Crippen LogP contribution in [0.25, 0.3) is 5.65 Å². The zero-order chi connectivity index (χ0) is 12.7. The van der Waals surface area contributed by atoms with Crippen molar-refractivity contribution in [1.29, 1.82) is 0 Å². The van der Waals surface area contributed by atoms with Crippen LogP contribution in [0.2, 0.25) is 5.15 Å². The molecule has 2 heterocycles. The second-order valence-electron chi connectivity index (χ2n) is 4.32. The Bertz CT molecular complexity index is 610. The summed E-state index contributed by atoms with van der Waals surface area (Å²) in [5.41, 5.74) is 1.73. The molecule has 1 saturated carbocycles. The van der Waals surface area contributed by atoms with Crippen LogP contribution in [0.1, 0.15) is 24.8 Å². The Morgan fingerprint density at radius 3 is 3.28 bits per heavy atom. The molecule has 0 N–H and O–H groups in total. The van der Waals surface area contributed by atoms with Gasteiger partial charge in [0, 0.05) is 23.9 Å². The van der Waals surface area contributed by atoms with E-state index < -0.39 is 0 Å². The highest BCUT2D eigenvalue weighted by molar-refractivity contribution is 6.29. The summed E-state index contributed by atoms with van der Waals surface area (Å²) < 4.78 is 6.66. The van der Waals surface area contributed by atoms with Gasteiger partial charge in [-0.2, -0.15) is 5.10 Å². The van der Waals surface area contributed by atoms with Crippen LogP contribution >= 0.6 is 11.6 Å². The van der Waals surface area contributed by atoms with Gasteiger partial charge in [0.1, 0.15) is 5.15 Å². The molecular weight excluding hydrogens is 254 g/mol. The molecule has 94 valence electrons. The van der Waals surface area contributed by atoms with Gasteiger partial charge in [-0.1, -0.05) is 11.6 Å². The number of carbonyl (C=O) groups excluding carboxylic acids is 1. The molecule has 2 aromatic heterocycles. The predicted molar refractivity (Wildman–Crippen MR) is 65.5 cm³/mol. The van der Waals surface area contributed by atoms with Crippen molar-refractivity contribution < 1.29 is 9.53 Å². The largest absolute Gasteiger partial charge is 0.466 e. The number of ether oxygens (including phenoxy) is 1. The number of carbonyl (C=O) groups is 1. The first-order chi connectivity index (χ1) is 8.70. The molecule has 1 fully saturated rings. The molecule has 0 aliphatic heterocycles. The molecule has 0 amide bonds. The van der Waals surface area contributed by atoms with E-state index in [9.17, 15) is 4.79 Å². The van der Waals surface area contributed by atoms with Gasteiger partial charge in [-0.15, -0.1) is 0 Å². The van der Waals surface area contributed by atoms with Crippen molar-refractivity contribution in [3.05, 3.63) is 29.2 Å². The molecule has 3 rings (SSSR count). The lowest BCUT2D eigenvalue weighted by molar-refractivity contribution is -0.144. The minimum absolute atomic E-state index is 0.0658. The van der Waals surface area contributed by atoms with E-state index >= 15 is 0 Å². The van der Waals surface area contributed by atoms with E-state index in [1.54, 1.807) is 23.0 Å². The summed E-state index contributed by atoms with van der Waals surface area (Å²) in [6.45, 7) is 2.23. The van der Waals surface area contributed by atoms with Crippen molar-refractivity contribution in [1.82, 2.24) is 14.6 Å². The van der Waals surface area contributed by atoms with Crippen molar-refractivity contribution in [2.75, 3.05) is 6.61 Å². The van der Waals surface area contributed by atoms with Gasteiger partial charge in [-0.05, 0) is 19.4 Å². The fraction of sp³-hybridized carbons (Fsp3) is 0.417. The van der Waals surface area contributed by atoms with Gasteiger partial charge < -0.3 is 4.74 Å². The van der Waals surface area contributed by atoms with Crippen LogP contribution in [-0.2, 0) is 9.53 Å². The van der Waals surface area contributed by atoms with Gasteiger partial charge in [0.15, 0.2) is 5.65 Å². The standard InChI is InChI=1S/C12H12ClN3O2/c1-2-18-12(17)9-5-7(9)8-6-10(13)15-16-4-3-14-11(8)16/h3-4,6-7,9H,2,5H2,1H3/t7-,9+/m1/s1. The summed E-state index contributed by atoms with van der Waals surface area (Å²) >= 11 is 5.97. The van der Waals surface area contributed by atoms with Crippen molar-refractivity contribution in [3.63, 3.8) is 0 Å². The highest BCUT2D eigenvalue weighted by Gasteiger charge is 2.46. The summed E-state index contributed by atoms with van der Waals surface area (Å²) in [5.74, 6) is -0.0569. The van der Waals surface area contributed by atoms with Crippen LogP contribution in [0.15, 0.2) is 18.5 Å². The zero-order valence-corrected chi connectivity index (χ0v) is 10.6. The third-order valence-electron chi connectivity index (χ3n) is 3.14. The molecular formula is C12H12ClN3O2. The minimum Gasteiger partial charge on any atom is -0.466 e. The van der Waals surface area contributed by atoms with Crippen molar-refractivity contribution in [3.8, 4) is 0 Å². The summed E-state index contributed by atoms with van der Waals surface area (Å²) in [5, 5.41) is 4.52. The average Bonchev–Trinajstić information content (AvgIpc) is 3.00. The molecule has 1 aliphatic rings. The SMILES string of the molecule is CCOC(=O)[C@H]1C[C@@H]1c1cc(Cl)nn2ccnc12. The molecule has 5 nitrogen and oxygen atoms in total. The maximum absolute atomic E-state index is 11.7. The molecule has 0 bridgehead atoms. The van der Waals surface area contributed by atoms with E-state index in [1.807, 2.05) is 6.92 Å². The molecule has 1 aliphatic carbocycles. The van der Waals surface area contributed by atoms with E-state index in [4.69, 9.17) is 16.3 Å². The van der Waals surface area contributed by atoms with Crippen LogP contribution < -0.4 is 0 Å². The first-order valence-corrected chi connectivity index (χ1v) is 6.25. The van der Waals surface area contributed by atoms with Crippen molar-refractivity contribution in [2.45, 2.75) is 19.3 Å². The Balaban J connectivity index is 1.92. The molecule has 0 unspecified atom stereocenters. The maximum Gasteiger partial charge on any atom is 0.309 e. The van der Waals surface area contributed by atoms with Crippen LogP contribution in [0.5, 0.6) is 0 Å². The number of hydrogen-bond donors (Lipinski definition) is 0. The van der Waals surface area contributed by atoms with Gasteiger partial charge in [0.25, 0.3) is 0 Å². The Kier molecular flexibility index (Phi) is 2.70. The highest BCUT2D eigenvalue weighted by Crippen LogP contribution is 2.49. The second-order valence-corrected chi connectivity index (χ2v) is 4.71. The predicted octanol–water partition coefficient (Wildman–Crippen LogP) is 2.05. The highest BCUT2D eigenvalue weighted by atomic mass is 35.5. The minimum atomic E-state index is -0.139. The molecule has 0 aromatic carbocycles.